The van der Waals surface area contributed by atoms with Crippen LogP contribution in [0.15, 0.2) is 12.1 Å². The molecule has 0 unspecified atom stereocenters. The largest absolute Gasteiger partial charge is 0.417 e. The summed E-state index contributed by atoms with van der Waals surface area (Å²) in [6, 6.07) is 2.33. The van der Waals surface area contributed by atoms with E-state index in [0.717, 1.165) is 0 Å². The monoisotopic (exact) mass is 246 g/mol. The number of rotatable bonds is 2. The minimum Gasteiger partial charge on any atom is -0.392 e. The van der Waals surface area contributed by atoms with Crippen LogP contribution in [0.25, 0.3) is 0 Å². The molecule has 0 saturated heterocycles. The molecule has 0 aliphatic carbocycles. The zero-order valence-electron chi connectivity index (χ0n) is 8.15. The van der Waals surface area contributed by atoms with E-state index in [1.54, 1.807) is 0 Å². The van der Waals surface area contributed by atoms with Crippen LogP contribution in [0, 0.1) is 21.4 Å². The molecule has 1 aromatic carbocycles. The number of alkyl halides is 3. The van der Waals surface area contributed by atoms with Crippen LogP contribution in [0.3, 0.4) is 0 Å². The van der Waals surface area contributed by atoms with Gasteiger partial charge in [-0.3, -0.25) is 10.1 Å². The van der Waals surface area contributed by atoms with E-state index in [-0.39, 0.29) is 6.07 Å². The Kier molecular flexibility index (Phi) is 3.34. The lowest BCUT2D eigenvalue weighted by molar-refractivity contribution is -0.385. The Labute approximate surface area is 92.9 Å². The summed E-state index contributed by atoms with van der Waals surface area (Å²) in [5.74, 6) is 0. The summed E-state index contributed by atoms with van der Waals surface area (Å²) < 4.78 is 37.5. The Morgan fingerprint density at radius 2 is 2.06 bits per heavy atom. The summed E-state index contributed by atoms with van der Waals surface area (Å²) in [6.07, 6.45) is -4.82. The second-order valence-corrected chi connectivity index (χ2v) is 3.05. The Bertz CT molecular complexity index is 505. The molecule has 5 nitrogen and oxygen atoms in total. The Balaban J connectivity index is 3.58. The summed E-state index contributed by atoms with van der Waals surface area (Å²) >= 11 is 0. The van der Waals surface area contributed by atoms with E-state index in [1.165, 1.54) is 6.07 Å². The van der Waals surface area contributed by atoms with E-state index in [9.17, 15) is 23.3 Å². The Hall–Kier alpha value is -2.14. The molecular weight excluding hydrogens is 241 g/mol. The lowest BCUT2D eigenvalue weighted by Crippen LogP contribution is -2.11. The third-order valence-electron chi connectivity index (χ3n) is 2.01. The van der Waals surface area contributed by atoms with Crippen LogP contribution in [0.1, 0.15) is 16.7 Å². The minimum atomic E-state index is -4.82. The molecule has 0 aliphatic rings. The lowest BCUT2D eigenvalue weighted by Gasteiger charge is -2.11. The fourth-order valence-electron chi connectivity index (χ4n) is 1.27. The molecule has 8 heteroatoms. The normalized spacial score (nSPS) is 11.0. The van der Waals surface area contributed by atoms with Crippen LogP contribution in [-0.2, 0) is 12.8 Å². The maximum atomic E-state index is 12.5. The summed E-state index contributed by atoms with van der Waals surface area (Å²) in [5.41, 5.74) is -3.34. The summed E-state index contributed by atoms with van der Waals surface area (Å²) in [7, 11) is 0. The van der Waals surface area contributed by atoms with Crippen LogP contribution in [0.4, 0.5) is 18.9 Å². The number of aliphatic hydroxyl groups is 1. The highest BCUT2D eigenvalue weighted by molar-refractivity contribution is 5.54. The second kappa shape index (κ2) is 4.39. The van der Waals surface area contributed by atoms with Crippen LogP contribution < -0.4 is 0 Å². The van der Waals surface area contributed by atoms with E-state index < -0.39 is 40.1 Å². The molecule has 1 rings (SSSR count). The minimum absolute atomic E-state index is 0.254. The van der Waals surface area contributed by atoms with E-state index in [0.29, 0.717) is 6.07 Å². The van der Waals surface area contributed by atoms with Gasteiger partial charge in [0.1, 0.15) is 11.6 Å². The molecule has 0 bridgehead atoms. The van der Waals surface area contributed by atoms with Gasteiger partial charge in [-0.2, -0.15) is 18.4 Å². The standard InChI is InChI=1S/C9H5F3N2O3/c10-9(11,12)7-2-8(14(16)17)5(3-13)1-6(7)4-15/h1-2,15H,4H2. The van der Waals surface area contributed by atoms with Gasteiger partial charge < -0.3 is 5.11 Å². The number of aliphatic hydroxyl groups excluding tert-OH is 1. The van der Waals surface area contributed by atoms with E-state index in [4.69, 9.17) is 10.4 Å². The van der Waals surface area contributed by atoms with Gasteiger partial charge >= 0.3 is 6.18 Å². The van der Waals surface area contributed by atoms with Crippen molar-refractivity contribution in [3.8, 4) is 6.07 Å². The van der Waals surface area contributed by atoms with Crippen molar-refractivity contribution in [1.82, 2.24) is 0 Å². The highest BCUT2D eigenvalue weighted by Gasteiger charge is 2.36. The number of nitro benzene ring substituents is 1. The lowest BCUT2D eigenvalue weighted by atomic mass is 10.0. The van der Waals surface area contributed by atoms with Gasteiger partial charge in [0.15, 0.2) is 0 Å². The maximum absolute atomic E-state index is 12.5. The number of nitro groups is 1. The number of benzene rings is 1. The zero-order chi connectivity index (χ0) is 13.2. The first kappa shape index (κ1) is 12.9. The zero-order valence-corrected chi connectivity index (χ0v) is 8.15. The number of hydrogen-bond acceptors (Lipinski definition) is 4. The first-order valence-electron chi connectivity index (χ1n) is 4.20. The number of nitrogens with zero attached hydrogens (tertiary/aromatic N) is 2. The summed E-state index contributed by atoms with van der Waals surface area (Å²) in [4.78, 5) is 9.41. The molecule has 0 aliphatic heterocycles. The third-order valence-corrected chi connectivity index (χ3v) is 2.01. The van der Waals surface area contributed by atoms with Gasteiger partial charge in [-0.25, -0.2) is 0 Å². The predicted octanol–water partition coefficient (Wildman–Crippen LogP) is 1.98. The van der Waals surface area contributed by atoms with Crippen LogP contribution in [0.2, 0.25) is 0 Å². The first-order chi connectivity index (χ1) is 7.81. The molecule has 1 N–H and O–H groups in total. The highest BCUT2D eigenvalue weighted by atomic mass is 19.4. The van der Waals surface area contributed by atoms with Crippen molar-refractivity contribution in [3.63, 3.8) is 0 Å². The summed E-state index contributed by atoms with van der Waals surface area (Å²) in [5, 5.41) is 27.8. The van der Waals surface area contributed by atoms with E-state index in [1.807, 2.05) is 0 Å². The Morgan fingerprint density at radius 1 is 1.47 bits per heavy atom. The molecule has 0 atom stereocenters. The van der Waals surface area contributed by atoms with Gasteiger partial charge in [-0.05, 0) is 11.6 Å². The molecule has 0 spiro atoms. The van der Waals surface area contributed by atoms with Gasteiger partial charge in [0.25, 0.3) is 5.69 Å². The number of hydrogen-bond donors (Lipinski definition) is 1. The van der Waals surface area contributed by atoms with Crippen LogP contribution in [-0.4, -0.2) is 10.0 Å². The number of nitriles is 1. The van der Waals surface area contributed by atoms with Crippen LogP contribution in [0.5, 0.6) is 0 Å². The quantitative estimate of drug-likeness (QED) is 0.638. The first-order valence-corrected chi connectivity index (χ1v) is 4.20. The molecule has 1 aromatic rings. The average Bonchev–Trinajstić information content (AvgIpc) is 2.25. The van der Waals surface area contributed by atoms with Crippen molar-refractivity contribution in [3.05, 3.63) is 38.9 Å². The Morgan fingerprint density at radius 3 is 2.41 bits per heavy atom. The van der Waals surface area contributed by atoms with Crippen molar-refractivity contribution in [2.45, 2.75) is 12.8 Å². The van der Waals surface area contributed by atoms with Gasteiger partial charge in [0.05, 0.1) is 17.1 Å². The van der Waals surface area contributed by atoms with Crippen molar-refractivity contribution in [2.75, 3.05) is 0 Å². The molecule has 0 amide bonds. The van der Waals surface area contributed by atoms with E-state index >= 15 is 0 Å². The molecular formula is C9H5F3N2O3. The van der Waals surface area contributed by atoms with Crippen molar-refractivity contribution < 1.29 is 23.2 Å². The molecule has 0 radical (unpaired) electrons. The average molecular weight is 246 g/mol. The fourth-order valence-corrected chi connectivity index (χ4v) is 1.27. The third kappa shape index (κ3) is 2.51. The summed E-state index contributed by atoms with van der Waals surface area (Å²) in [6.45, 7) is -0.957. The second-order valence-electron chi connectivity index (χ2n) is 3.05. The molecule has 0 heterocycles. The van der Waals surface area contributed by atoms with Gasteiger partial charge in [-0.1, -0.05) is 0 Å². The van der Waals surface area contributed by atoms with Crippen molar-refractivity contribution >= 4 is 5.69 Å². The van der Waals surface area contributed by atoms with Crippen molar-refractivity contribution in [2.24, 2.45) is 0 Å². The predicted molar refractivity (Wildman–Crippen MR) is 48.7 cm³/mol. The molecule has 0 saturated carbocycles. The fraction of sp³-hybridized carbons (Fsp3) is 0.222. The molecule has 90 valence electrons. The molecule has 17 heavy (non-hydrogen) atoms. The SMILES string of the molecule is N#Cc1cc(CO)c(C(F)(F)F)cc1[N+](=O)[O-]. The smallest absolute Gasteiger partial charge is 0.392 e. The number of halogens is 3. The topological polar surface area (TPSA) is 87.2 Å². The van der Waals surface area contributed by atoms with Crippen LogP contribution >= 0.6 is 0 Å². The van der Waals surface area contributed by atoms with Gasteiger partial charge in [0.2, 0.25) is 0 Å². The molecule has 0 aromatic heterocycles. The van der Waals surface area contributed by atoms with E-state index in [2.05, 4.69) is 0 Å². The van der Waals surface area contributed by atoms with Gasteiger partial charge in [-0.15, -0.1) is 0 Å². The maximum Gasteiger partial charge on any atom is 0.417 e. The van der Waals surface area contributed by atoms with Gasteiger partial charge in [0, 0.05) is 6.07 Å². The van der Waals surface area contributed by atoms with Crippen molar-refractivity contribution in [1.29, 1.82) is 5.26 Å². The highest BCUT2D eigenvalue weighted by Crippen LogP contribution is 2.35. The molecule has 0 fully saturated rings.